The molecule has 0 saturated carbocycles. The molecule has 1 amide bonds. The Kier molecular flexibility index (Phi) is 5.96. The van der Waals surface area contributed by atoms with Crippen molar-refractivity contribution in [2.24, 2.45) is 0 Å². The molecule has 172 valence electrons. The van der Waals surface area contributed by atoms with Crippen LogP contribution in [-0.2, 0) is 12.6 Å². The number of aryl methyl sites for hydroxylation is 1. The highest BCUT2D eigenvalue weighted by Crippen LogP contribution is 2.38. The van der Waals surface area contributed by atoms with Crippen LogP contribution in [-0.4, -0.2) is 33.0 Å². The summed E-state index contributed by atoms with van der Waals surface area (Å²) in [6.07, 6.45) is -3.25. The van der Waals surface area contributed by atoms with E-state index >= 15 is 0 Å². The number of benzene rings is 1. The molecule has 6 nitrogen and oxygen atoms in total. The lowest BCUT2D eigenvalue weighted by atomic mass is 10.0. The number of carbonyl (C=O) groups is 2. The fourth-order valence-electron chi connectivity index (χ4n) is 3.84. The molecule has 0 unspecified atom stereocenters. The minimum Gasteiger partial charge on any atom is -0.305 e. The molecular formula is C22H17Cl2F3N4O2. The Bertz CT molecular complexity index is 1250. The van der Waals surface area contributed by atoms with Crippen molar-refractivity contribution in [3.05, 3.63) is 74.8 Å². The van der Waals surface area contributed by atoms with Crippen LogP contribution < -0.4 is 4.90 Å². The molecule has 1 aliphatic heterocycles. The Morgan fingerprint density at radius 3 is 2.58 bits per heavy atom. The quantitative estimate of drug-likeness (QED) is 0.350. The van der Waals surface area contributed by atoms with Crippen LogP contribution >= 0.6 is 23.2 Å². The number of rotatable bonds is 4. The third kappa shape index (κ3) is 4.47. The minimum absolute atomic E-state index is 0.102. The van der Waals surface area contributed by atoms with Crippen molar-refractivity contribution >= 4 is 40.6 Å². The van der Waals surface area contributed by atoms with Crippen LogP contribution in [0, 0.1) is 6.92 Å². The van der Waals surface area contributed by atoms with E-state index in [1.54, 1.807) is 13.0 Å². The van der Waals surface area contributed by atoms with Gasteiger partial charge in [0.05, 0.1) is 22.8 Å². The fourth-order valence-corrected chi connectivity index (χ4v) is 4.37. The average molecular weight is 497 g/mol. The number of nitrogens with zero attached hydrogens (tertiary/aromatic N) is 4. The molecule has 1 atom stereocenters. The first-order chi connectivity index (χ1) is 15.5. The molecule has 0 fully saturated rings. The zero-order valence-corrected chi connectivity index (χ0v) is 19.0. The summed E-state index contributed by atoms with van der Waals surface area (Å²) in [7, 11) is 0. The maximum absolute atomic E-state index is 13.3. The van der Waals surface area contributed by atoms with Gasteiger partial charge in [-0.25, -0.2) is 4.98 Å². The summed E-state index contributed by atoms with van der Waals surface area (Å²) in [5, 5.41) is 3.95. The van der Waals surface area contributed by atoms with Crippen molar-refractivity contribution < 1.29 is 22.8 Å². The van der Waals surface area contributed by atoms with Gasteiger partial charge in [0.15, 0.2) is 5.78 Å². The Hall–Kier alpha value is -2.91. The lowest BCUT2D eigenvalue weighted by Gasteiger charge is -2.32. The molecule has 4 rings (SSSR count). The number of Topliss-reactive ketones (excluding diaryl/α,β-unsaturated/α-hetero) is 1. The summed E-state index contributed by atoms with van der Waals surface area (Å²) in [5.41, 5.74) is 0.799. The number of amides is 1. The number of halogens is 5. The topological polar surface area (TPSA) is 68.1 Å². The molecule has 2 aromatic heterocycles. The number of carbonyl (C=O) groups excluding carboxylic acids is 2. The van der Waals surface area contributed by atoms with Crippen molar-refractivity contribution in [3.63, 3.8) is 0 Å². The maximum atomic E-state index is 13.3. The molecule has 0 radical (unpaired) electrons. The molecule has 0 saturated heterocycles. The van der Waals surface area contributed by atoms with Crippen molar-refractivity contribution in [2.75, 3.05) is 11.4 Å². The second-order valence-electron chi connectivity index (χ2n) is 7.81. The van der Waals surface area contributed by atoms with Crippen LogP contribution in [0.3, 0.4) is 0 Å². The Labute approximate surface area is 196 Å². The van der Waals surface area contributed by atoms with Gasteiger partial charge in [0.1, 0.15) is 10.8 Å². The minimum atomic E-state index is -4.60. The van der Waals surface area contributed by atoms with Gasteiger partial charge in [-0.15, -0.1) is 0 Å². The summed E-state index contributed by atoms with van der Waals surface area (Å²) >= 11 is 11.8. The summed E-state index contributed by atoms with van der Waals surface area (Å²) in [4.78, 5) is 31.5. The SMILES string of the molecule is Cc1cc(C(=O)Cc2cnn3c2C(=O)N(c2ccc(C(F)(F)F)c(Cl)c2)C[C@@H]3C)cc(Cl)n1. The molecule has 0 aliphatic carbocycles. The highest BCUT2D eigenvalue weighted by atomic mass is 35.5. The lowest BCUT2D eigenvalue weighted by Crippen LogP contribution is -2.43. The first-order valence-corrected chi connectivity index (χ1v) is 10.6. The molecule has 1 aromatic carbocycles. The van der Waals surface area contributed by atoms with Crippen LogP contribution in [0.5, 0.6) is 0 Å². The standard InChI is InChI=1S/C22H17Cl2F3N4O2/c1-11-5-13(7-19(24)29-11)18(32)6-14-9-28-31-12(2)10-30(21(33)20(14)31)15-3-4-16(17(23)8-15)22(25,26)27/h3-5,7-9,12H,6,10H2,1-2H3/t12-/m0/s1. The van der Waals surface area contributed by atoms with Crippen LogP contribution in [0.15, 0.2) is 36.5 Å². The van der Waals surface area contributed by atoms with E-state index in [2.05, 4.69) is 10.1 Å². The Morgan fingerprint density at radius 1 is 1.21 bits per heavy atom. The first kappa shape index (κ1) is 23.3. The lowest BCUT2D eigenvalue weighted by molar-refractivity contribution is -0.137. The highest BCUT2D eigenvalue weighted by molar-refractivity contribution is 6.32. The largest absolute Gasteiger partial charge is 0.417 e. The van der Waals surface area contributed by atoms with Gasteiger partial charge in [-0.1, -0.05) is 23.2 Å². The molecule has 1 aliphatic rings. The average Bonchev–Trinajstić information content (AvgIpc) is 3.13. The number of pyridine rings is 1. The third-order valence-corrected chi connectivity index (χ3v) is 5.85. The van der Waals surface area contributed by atoms with Gasteiger partial charge in [0, 0.05) is 35.5 Å². The van der Waals surface area contributed by atoms with Crippen molar-refractivity contribution in [1.82, 2.24) is 14.8 Å². The van der Waals surface area contributed by atoms with E-state index in [4.69, 9.17) is 23.2 Å². The van der Waals surface area contributed by atoms with E-state index in [0.717, 1.165) is 12.1 Å². The fraction of sp³-hybridized carbons (Fsp3) is 0.273. The van der Waals surface area contributed by atoms with Crippen molar-refractivity contribution in [3.8, 4) is 0 Å². The van der Waals surface area contributed by atoms with Crippen LogP contribution in [0.2, 0.25) is 10.2 Å². The second-order valence-corrected chi connectivity index (χ2v) is 8.60. The summed E-state index contributed by atoms with van der Waals surface area (Å²) < 4.78 is 40.7. The first-order valence-electron chi connectivity index (χ1n) is 9.88. The third-order valence-electron chi connectivity index (χ3n) is 5.35. The van der Waals surface area contributed by atoms with E-state index in [1.165, 1.54) is 27.9 Å². The van der Waals surface area contributed by atoms with Gasteiger partial charge in [0.25, 0.3) is 5.91 Å². The molecule has 11 heteroatoms. The normalized spacial score (nSPS) is 16.2. The van der Waals surface area contributed by atoms with E-state index < -0.39 is 22.7 Å². The molecule has 3 heterocycles. The number of hydrogen-bond acceptors (Lipinski definition) is 4. The zero-order chi connectivity index (χ0) is 24.1. The predicted octanol–water partition coefficient (Wildman–Crippen LogP) is 5.56. The molecule has 0 N–H and O–H groups in total. The van der Waals surface area contributed by atoms with Crippen molar-refractivity contribution in [2.45, 2.75) is 32.5 Å². The van der Waals surface area contributed by atoms with E-state index in [1.807, 2.05) is 6.92 Å². The van der Waals surface area contributed by atoms with Gasteiger partial charge in [0.2, 0.25) is 0 Å². The van der Waals surface area contributed by atoms with Crippen LogP contribution in [0.1, 0.15) is 50.6 Å². The van der Waals surface area contributed by atoms with Crippen LogP contribution in [0.4, 0.5) is 18.9 Å². The second kappa shape index (κ2) is 8.46. The molecule has 33 heavy (non-hydrogen) atoms. The smallest absolute Gasteiger partial charge is 0.305 e. The molecular weight excluding hydrogens is 480 g/mol. The Balaban J connectivity index is 1.66. The molecule has 0 bridgehead atoms. The summed E-state index contributed by atoms with van der Waals surface area (Å²) in [6, 6.07) is 5.95. The maximum Gasteiger partial charge on any atom is 0.417 e. The number of fused-ring (bicyclic) bond motifs is 1. The van der Waals surface area contributed by atoms with E-state index in [-0.39, 0.29) is 41.3 Å². The number of aromatic nitrogens is 3. The Morgan fingerprint density at radius 2 is 1.94 bits per heavy atom. The van der Waals surface area contributed by atoms with Gasteiger partial charge in [-0.05, 0) is 44.2 Å². The summed E-state index contributed by atoms with van der Waals surface area (Å²) in [5.74, 6) is -0.749. The van der Waals surface area contributed by atoms with Crippen molar-refractivity contribution in [1.29, 1.82) is 0 Å². The van der Waals surface area contributed by atoms with Gasteiger partial charge < -0.3 is 4.90 Å². The monoisotopic (exact) mass is 496 g/mol. The molecule has 0 spiro atoms. The zero-order valence-electron chi connectivity index (χ0n) is 17.5. The number of alkyl halides is 3. The van der Waals surface area contributed by atoms with Crippen LogP contribution in [0.25, 0.3) is 0 Å². The predicted molar refractivity (Wildman–Crippen MR) is 117 cm³/mol. The number of anilines is 1. The molecule has 3 aromatic rings. The van der Waals surface area contributed by atoms with E-state index in [9.17, 15) is 22.8 Å². The number of ketones is 1. The van der Waals surface area contributed by atoms with E-state index in [0.29, 0.717) is 16.8 Å². The van der Waals surface area contributed by atoms with Gasteiger partial charge in [-0.2, -0.15) is 18.3 Å². The highest BCUT2D eigenvalue weighted by Gasteiger charge is 2.36. The summed E-state index contributed by atoms with van der Waals surface area (Å²) in [6.45, 7) is 3.71. The van der Waals surface area contributed by atoms with Gasteiger partial charge >= 0.3 is 6.18 Å². The number of hydrogen-bond donors (Lipinski definition) is 0. The van der Waals surface area contributed by atoms with Gasteiger partial charge in [-0.3, -0.25) is 14.3 Å².